The third-order valence-electron chi connectivity index (χ3n) is 13.8. The maximum Gasteiger partial charge on any atom is 0.0641 e. The van der Waals surface area contributed by atoms with E-state index in [0.29, 0.717) is 5.92 Å². The molecular weight excluding hydrogens is 753 g/mol. The fourth-order valence-electron chi connectivity index (χ4n) is 11.7. The summed E-state index contributed by atoms with van der Waals surface area (Å²) in [5.41, 5.74) is 20.6. The van der Waals surface area contributed by atoms with Gasteiger partial charge in [0.05, 0.1) is 38.8 Å². The van der Waals surface area contributed by atoms with Gasteiger partial charge in [0, 0.05) is 66.0 Å². The zero-order valence-electron chi connectivity index (χ0n) is 35.6. The molecule has 1 unspecified atom stereocenters. The summed E-state index contributed by atoms with van der Waals surface area (Å²) in [7, 11) is 0. The van der Waals surface area contributed by atoms with E-state index in [1.54, 1.807) is 0 Å². The van der Waals surface area contributed by atoms with Crippen LogP contribution >= 0.6 is 0 Å². The molecule has 4 nitrogen and oxygen atoms in total. The molecule has 0 saturated heterocycles. The van der Waals surface area contributed by atoms with Crippen molar-refractivity contribution in [3.05, 3.63) is 197 Å². The lowest BCUT2D eigenvalue weighted by molar-refractivity contribution is 0.697. The van der Waals surface area contributed by atoms with E-state index in [0.717, 1.165) is 19.3 Å². The number of nitrogens with zero attached hydrogens (tertiary/aromatic N) is 4. The number of hydrogen-bond donors (Lipinski definition) is 0. The van der Waals surface area contributed by atoms with Crippen molar-refractivity contribution < 1.29 is 0 Å². The lowest BCUT2D eigenvalue weighted by atomic mass is 9.94. The number of allylic oxidation sites excluding steroid dienone is 3. The summed E-state index contributed by atoms with van der Waals surface area (Å²) in [6.07, 6.45) is 7.84. The Kier molecular flexibility index (Phi) is 7.49. The largest absolute Gasteiger partial charge is 0.313 e. The highest BCUT2D eigenvalue weighted by atomic mass is 15.2. The quantitative estimate of drug-likeness (QED) is 0.166. The maximum absolute atomic E-state index is 2.60. The second kappa shape index (κ2) is 13.1. The van der Waals surface area contributed by atoms with Crippen molar-refractivity contribution in [2.24, 2.45) is 5.92 Å². The molecule has 0 N–H and O–H groups in total. The number of rotatable bonds is 6. The molecule has 0 radical (unpaired) electrons. The Morgan fingerprint density at radius 2 is 1.11 bits per heavy atom. The average molecular weight is 799 g/mol. The maximum atomic E-state index is 2.60. The van der Waals surface area contributed by atoms with Gasteiger partial charge in [0.25, 0.3) is 0 Å². The second-order valence-corrected chi connectivity index (χ2v) is 18.0. The molecule has 0 fully saturated rings. The van der Waals surface area contributed by atoms with Crippen LogP contribution in [0.3, 0.4) is 0 Å². The van der Waals surface area contributed by atoms with Crippen molar-refractivity contribution in [3.63, 3.8) is 0 Å². The minimum atomic E-state index is 0.467. The monoisotopic (exact) mass is 798 g/mol. The van der Waals surface area contributed by atoms with E-state index >= 15 is 0 Å². The zero-order chi connectivity index (χ0) is 41.4. The van der Waals surface area contributed by atoms with Gasteiger partial charge in [-0.05, 0) is 135 Å². The normalized spacial score (nSPS) is 15.5. The summed E-state index contributed by atoms with van der Waals surface area (Å²) in [4.78, 5) is 5.04. The van der Waals surface area contributed by atoms with Gasteiger partial charge in [0.1, 0.15) is 0 Å². The highest BCUT2D eigenvalue weighted by Gasteiger charge is 2.30. The van der Waals surface area contributed by atoms with Crippen LogP contribution in [0.4, 0.5) is 22.7 Å². The smallest absolute Gasteiger partial charge is 0.0641 e. The molecule has 0 aliphatic heterocycles. The molecule has 298 valence electrons. The first-order valence-corrected chi connectivity index (χ1v) is 22.2. The van der Waals surface area contributed by atoms with Gasteiger partial charge in [-0.2, -0.15) is 0 Å². The molecule has 0 bridgehead atoms. The molecule has 62 heavy (non-hydrogen) atoms. The summed E-state index contributed by atoms with van der Waals surface area (Å²) in [5, 5.41) is 9.20. The Bertz CT molecular complexity index is 3750. The number of benzene rings is 7. The molecule has 0 amide bonds. The Labute approximate surface area is 360 Å². The highest BCUT2D eigenvalue weighted by Crippen LogP contribution is 2.49. The standard InChI is InChI=1S/C58H46N4/c1-35-27-36(2)30-41(29-35)59(39-15-7-5-8-16-39)51-25-23-43-47-33-54-48(34-53(47)61-49-21-13-11-19-45(49)55(51)57(43)61)44-24-26-52(56-46-20-12-14-22-50(46)62(54)58(44)56)60(40-17-9-6-10-18-40)42-31-37(3)28-38(4)32-42/h5-23,25,28-35H,24,26-27H2,1-4H3. The van der Waals surface area contributed by atoms with Crippen LogP contribution in [-0.2, 0) is 6.42 Å². The van der Waals surface area contributed by atoms with Crippen LogP contribution in [0.2, 0.25) is 0 Å². The predicted octanol–water partition coefficient (Wildman–Crippen LogP) is 14.6. The van der Waals surface area contributed by atoms with Crippen LogP contribution < -0.4 is 15.0 Å². The molecule has 13 rings (SSSR count). The van der Waals surface area contributed by atoms with Crippen molar-refractivity contribution in [2.75, 3.05) is 9.80 Å². The molecule has 0 spiro atoms. The lowest BCUT2D eigenvalue weighted by Crippen LogP contribution is -2.26. The van der Waals surface area contributed by atoms with Gasteiger partial charge in [-0.3, -0.25) is 0 Å². The van der Waals surface area contributed by atoms with Gasteiger partial charge in [-0.1, -0.05) is 104 Å². The van der Waals surface area contributed by atoms with Crippen molar-refractivity contribution in [1.29, 1.82) is 0 Å². The number of anilines is 4. The summed E-state index contributed by atoms with van der Waals surface area (Å²) in [6.45, 7) is 9.04. The molecule has 0 saturated carbocycles. The van der Waals surface area contributed by atoms with E-state index < -0.39 is 0 Å². The van der Waals surface area contributed by atoms with Gasteiger partial charge in [0.2, 0.25) is 0 Å². The first-order chi connectivity index (χ1) is 30.4. The summed E-state index contributed by atoms with van der Waals surface area (Å²) >= 11 is 0. The van der Waals surface area contributed by atoms with E-state index in [1.807, 2.05) is 0 Å². The minimum absolute atomic E-state index is 0.467. The van der Waals surface area contributed by atoms with E-state index in [-0.39, 0.29) is 0 Å². The fourth-order valence-corrected chi connectivity index (χ4v) is 11.7. The zero-order valence-corrected chi connectivity index (χ0v) is 35.6. The number of fused-ring (bicyclic) bond motifs is 12. The van der Waals surface area contributed by atoms with E-state index in [1.165, 1.54) is 127 Å². The molecule has 4 heterocycles. The van der Waals surface area contributed by atoms with E-state index in [4.69, 9.17) is 0 Å². The van der Waals surface area contributed by atoms with Gasteiger partial charge in [0.15, 0.2) is 0 Å². The third-order valence-corrected chi connectivity index (χ3v) is 13.8. The molecular formula is C58H46N4. The summed E-state index contributed by atoms with van der Waals surface area (Å²) in [6, 6.07) is 56.9. The predicted molar refractivity (Wildman–Crippen MR) is 263 cm³/mol. The number of aromatic nitrogens is 2. The first kappa shape index (κ1) is 35.5. The van der Waals surface area contributed by atoms with E-state index in [2.05, 4.69) is 210 Å². The molecule has 1 atom stereocenters. The molecule has 4 heteroatoms. The number of aryl methyl sites for hydroxylation is 3. The van der Waals surface area contributed by atoms with Crippen molar-refractivity contribution in [1.82, 2.24) is 8.80 Å². The van der Waals surface area contributed by atoms with Gasteiger partial charge in [-0.15, -0.1) is 0 Å². The van der Waals surface area contributed by atoms with Crippen LogP contribution in [0.25, 0.3) is 71.1 Å². The van der Waals surface area contributed by atoms with Crippen molar-refractivity contribution >= 4 is 93.9 Å². The highest BCUT2D eigenvalue weighted by molar-refractivity contribution is 6.28. The second-order valence-electron chi connectivity index (χ2n) is 18.0. The lowest BCUT2D eigenvalue weighted by Gasteiger charge is -2.30. The Morgan fingerprint density at radius 3 is 1.84 bits per heavy atom. The van der Waals surface area contributed by atoms with Gasteiger partial charge < -0.3 is 18.6 Å². The Balaban J connectivity index is 1.13. The molecule has 7 aromatic carbocycles. The van der Waals surface area contributed by atoms with Gasteiger partial charge in [-0.25, -0.2) is 0 Å². The van der Waals surface area contributed by atoms with Crippen LogP contribution in [0.1, 0.15) is 43.4 Å². The van der Waals surface area contributed by atoms with E-state index in [9.17, 15) is 0 Å². The van der Waals surface area contributed by atoms with Crippen LogP contribution in [-0.4, -0.2) is 8.80 Å². The van der Waals surface area contributed by atoms with Crippen LogP contribution in [0.5, 0.6) is 0 Å². The summed E-state index contributed by atoms with van der Waals surface area (Å²) < 4.78 is 5.17. The van der Waals surface area contributed by atoms with Crippen molar-refractivity contribution in [3.8, 4) is 0 Å². The summed E-state index contributed by atoms with van der Waals surface area (Å²) in [5.74, 6) is 0.467. The third kappa shape index (κ3) is 4.95. The Morgan fingerprint density at radius 1 is 0.500 bits per heavy atom. The molecule has 2 aliphatic rings. The average Bonchev–Trinajstić information content (AvgIpc) is 4.00. The first-order valence-electron chi connectivity index (χ1n) is 22.2. The molecule has 11 aromatic rings. The fraction of sp³-hybridized carbons (Fsp3) is 0.138. The number of hydrogen-bond acceptors (Lipinski definition) is 2. The topological polar surface area (TPSA) is 15.3 Å². The number of para-hydroxylation sites is 4. The van der Waals surface area contributed by atoms with Crippen LogP contribution in [0, 0.1) is 19.8 Å². The molecule has 4 aromatic heterocycles. The Hall–Kier alpha value is -7.30. The minimum Gasteiger partial charge on any atom is -0.313 e. The molecule has 2 aliphatic carbocycles. The SMILES string of the molecule is CC1=CC(N(c2ccccc2)c2ccc3c4cc5c(cc4n4c6ccccc6c2c34)c2c3c(c4ccccc4n35)=C(N(c3ccccc3)c3cc(C)cc(C)c3)CC2)=CC(C)C1. The van der Waals surface area contributed by atoms with Crippen molar-refractivity contribution in [2.45, 2.75) is 47.0 Å². The van der Waals surface area contributed by atoms with Crippen LogP contribution in [0.15, 0.2) is 175 Å². The van der Waals surface area contributed by atoms with Gasteiger partial charge >= 0.3 is 0 Å².